The Bertz CT molecular complexity index is 296. The first-order valence-electron chi connectivity index (χ1n) is 6.67. The predicted molar refractivity (Wildman–Crippen MR) is 69.0 cm³/mol. The molecule has 0 spiro atoms. The summed E-state index contributed by atoms with van der Waals surface area (Å²) in [5.74, 6) is 0. The summed E-state index contributed by atoms with van der Waals surface area (Å²) >= 11 is 0. The first kappa shape index (κ1) is 12.5. The van der Waals surface area contributed by atoms with Crippen molar-refractivity contribution in [2.45, 2.75) is 38.2 Å². The standard InChI is InChI=1S/C14H22N2O/c1-2-10-16-13(5-1)8-11-15-9-3-6-14-7-4-12-17-14/h1-2,5,10,14-15H,3-4,6-9,11-12H2. The van der Waals surface area contributed by atoms with Gasteiger partial charge >= 0.3 is 0 Å². The minimum absolute atomic E-state index is 0.535. The number of aromatic nitrogens is 1. The summed E-state index contributed by atoms with van der Waals surface area (Å²) in [5, 5.41) is 3.46. The lowest BCUT2D eigenvalue weighted by molar-refractivity contribution is 0.102. The van der Waals surface area contributed by atoms with Gasteiger partial charge in [-0.2, -0.15) is 0 Å². The number of pyridine rings is 1. The van der Waals surface area contributed by atoms with Crippen LogP contribution in [0.3, 0.4) is 0 Å². The van der Waals surface area contributed by atoms with Crippen molar-refractivity contribution >= 4 is 0 Å². The second kappa shape index (κ2) is 7.41. The highest BCUT2D eigenvalue weighted by Crippen LogP contribution is 2.16. The largest absolute Gasteiger partial charge is 0.378 e. The molecule has 2 rings (SSSR count). The SMILES string of the molecule is c1ccc(CCNCCCC2CCCO2)nc1. The molecule has 0 amide bonds. The molecule has 0 saturated carbocycles. The molecule has 3 heteroatoms. The highest BCUT2D eigenvalue weighted by molar-refractivity contribution is 5.03. The van der Waals surface area contributed by atoms with E-state index in [1.54, 1.807) is 0 Å². The van der Waals surface area contributed by atoms with Crippen LogP contribution in [-0.2, 0) is 11.2 Å². The van der Waals surface area contributed by atoms with Gasteiger partial charge in [-0.3, -0.25) is 4.98 Å². The van der Waals surface area contributed by atoms with Crippen LogP contribution in [0.5, 0.6) is 0 Å². The number of ether oxygens (including phenoxy) is 1. The lowest BCUT2D eigenvalue weighted by Gasteiger charge is -2.09. The fourth-order valence-corrected chi connectivity index (χ4v) is 2.21. The summed E-state index contributed by atoms with van der Waals surface area (Å²) in [6.45, 7) is 3.08. The predicted octanol–water partition coefficient (Wildman–Crippen LogP) is 2.17. The van der Waals surface area contributed by atoms with E-state index in [2.05, 4.69) is 16.4 Å². The Labute approximate surface area is 104 Å². The van der Waals surface area contributed by atoms with Gasteiger partial charge in [-0.1, -0.05) is 6.07 Å². The summed E-state index contributed by atoms with van der Waals surface area (Å²) < 4.78 is 5.59. The van der Waals surface area contributed by atoms with Gasteiger partial charge in [0.2, 0.25) is 0 Å². The molecule has 0 aliphatic carbocycles. The van der Waals surface area contributed by atoms with Gasteiger partial charge in [-0.15, -0.1) is 0 Å². The smallest absolute Gasteiger partial charge is 0.0576 e. The van der Waals surface area contributed by atoms with E-state index in [4.69, 9.17) is 4.74 Å². The molecule has 1 N–H and O–H groups in total. The van der Waals surface area contributed by atoms with E-state index in [1.165, 1.54) is 31.4 Å². The van der Waals surface area contributed by atoms with Gasteiger partial charge in [0, 0.05) is 31.5 Å². The Morgan fingerprint density at radius 1 is 1.35 bits per heavy atom. The zero-order chi connectivity index (χ0) is 11.8. The van der Waals surface area contributed by atoms with Gasteiger partial charge in [-0.25, -0.2) is 0 Å². The normalized spacial score (nSPS) is 19.6. The lowest BCUT2D eigenvalue weighted by Crippen LogP contribution is -2.20. The first-order chi connectivity index (χ1) is 8.45. The third-order valence-electron chi connectivity index (χ3n) is 3.19. The maximum absolute atomic E-state index is 5.59. The Hall–Kier alpha value is -0.930. The molecule has 2 heterocycles. The molecule has 0 radical (unpaired) electrons. The molecule has 1 saturated heterocycles. The fraction of sp³-hybridized carbons (Fsp3) is 0.643. The van der Waals surface area contributed by atoms with Crippen LogP contribution in [0.1, 0.15) is 31.4 Å². The van der Waals surface area contributed by atoms with Crippen LogP contribution in [0.25, 0.3) is 0 Å². The Kier molecular flexibility index (Phi) is 5.46. The Morgan fingerprint density at radius 3 is 3.12 bits per heavy atom. The van der Waals surface area contributed by atoms with E-state index in [0.29, 0.717) is 6.10 Å². The number of hydrogen-bond acceptors (Lipinski definition) is 3. The highest BCUT2D eigenvalue weighted by atomic mass is 16.5. The Balaban J connectivity index is 1.46. The van der Waals surface area contributed by atoms with E-state index >= 15 is 0 Å². The van der Waals surface area contributed by atoms with E-state index in [-0.39, 0.29) is 0 Å². The molecular formula is C14H22N2O. The summed E-state index contributed by atoms with van der Waals surface area (Å²) in [4.78, 5) is 4.30. The lowest BCUT2D eigenvalue weighted by atomic mass is 10.1. The van der Waals surface area contributed by atoms with Crippen LogP contribution in [0.4, 0.5) is 0 Å². The zero-order valence-electron chi connectivity index (χ0n) is 10.4. The number of rotatable bonds is 7. The summed E-state index contributed by atoms with van der Waals surface area (Å²) in [5.41, 5.74) is 1.17. The van der Waals surface area contributed by atoms with E-state index in [9.17, 15) is 0 Å². The van der Waals surface area contributed by atoms with E-state index in [0.717, 1.165) is 26.1 Å². The van der Waals surface area contributed by atoms with Crippen LogP contribution in [0, 0.1) is 0 Å². The molecule has 3 nitrogen and oxygen atoms in total. The molecule has 0 aromatic carbocycles. The van der Waals surface area contributed by atoms with Crippen molar-refractivity contribution in [1.82, 2.24) is 10.3 Å². The molecule has 1 unspecified atom stereocenters. The highest BCUT2D eigenvalue weighted by Gasteiger charge is 2.14. The average Bonchev–Trinajstić information content (AvgIpc) is 2.88. The van der Waals surface area contributed by atoms with Crippen molar-refractivity contribution < 1.29 is 4.74 Å². The summed E-state index contributed by atoms with van der Waals surface area (Å²) in [6.07, 6.45) is 8.33. The van der Waals surface area contributed by atoms with Crippen molar-refractivity contribution in [3.8, 4) is 0 Å². The molecule has 1 aliphatic heterocycles. The van der Waals surface area contributed by atoms with Gasteiger partial charge < -0.3 is 10.1 Å². The van der Waals surface area contributed by atoms with Crippen molar-refractivity contribution in [3.63, 3.8) is 0 Å². The number of nitrogens with one attached hydrogen (secondary N) is 1. The summed E-state index contributed by atoms with van der Waals surface area (Å²) in [6, 6.07) is 6.08. The van der Waals surface area contributed by atoms with Gasteiger partial charge in [0.25, 0.3) is 0 Å². The van der Waals surface area contributed by atoms with Crippen LogP contribution in [0.2, 0.25) is 0 Å². The third-order valence-corrected chi connectivity index (χ3v) is 3.19. The molecule has 1 fully saturated rings. The maximum atomic E-state index is 5.59. The van der Waals surface area contributed by atoms with Gasteiger partial charge in [0.1, 0.15) is 0 Å². The molecule has 0 bridgehead atoms. The maximum Gasteiger partial charge on any atom is 0.0576 e. The van der Waals surface area contributed by atoms with E-state index < -0.39 is 0 Å². The van der Waals surface area contributed by atoms with Gasteiger partial charge in [0.15, 0.2) is 0 Å². The molecule has 1 atom stereocenters. The topological polar surface area (TPSA) is 34.1 Å². The molecule has 1 aromatic rings. The first-order valence-corrected chi connectivity index (χ1v) is 6.67. The van der Waals surface area contributed by atoms with Crippen molar-refractivity contribution in [3.05, 3.63) is 30.1 Å². The summed E-state index contributed by atoms with van der Waals surface area (Å²) in [7, 11) is 0. The van der Waals surface area contributed by atoms with Crippen LogP contribution in [0.15, 0.2) is 24.4 Å². The zero-order valence-corrected chi connectivity index (χ0v) is 10.4. The molecular weight excluding hydrogens is 212 g/mol. The minimum Gasteiger partial charge on any atom is -0.378 e. The van der Waals surface area contributed by atoms with Crippen molar-refractivity contribution in [2.75, 3.05) is 19.7 Å². The minimum atomic E-state index is 0.535. The third kappa shape index (κ3) is 4.84. The van der Waals surface area contributed by atoms with Crippen LogP contribution >= 0.6 is 0 Å². The second-order valence-electron chi connectivity index (χ2n) is 4.60. The number of nitrogens with zero attached hydrogens (tertiary/aromatic N) is 1. The molecule has 1 aromatic heterocycles. The fourth-order valence-electron chi connectivity index (χ4n) is 2.21. The van der Waals surface area contributed by atoms with Crippen LogP contribution in [-0.4, -0.2) is 30.8 Å². The quantitative estimate of drug-likeness (QED) is 0.734. The van der Waals surface area contributed by atoms with E-state index in [1.807, 2.05) is 18.3 Å². The number of hydrogen-bond donors (Lipinski definition) is 1. The van der Waals surface area contributed by atoms with Crippen LogP contribution < -0.4 is 5.32 Å². The van der Waals surface area contributed by atoms with Crippen molar-refractivity contribution in [1.29, 1.82) is 0 Å². The van der Waals surface area contributed by atoms with Crippen molar-refractivity contribution in [2.24, 2.45) is 0 Å². The second-order valence-corrected chi connectivity index (χ2v) is 4.60. The van der Waals surface area contributed by atoms with Gasteiger partial charge in [0.05, 0.1) is 6.10 Å². The Morgan fingerprint density at radius 2 is 2.35 bits per heavy atom. The molecule has 1 aliphatic rings. The molecule has 17 heavy (non-hydrogen) atoms. The monoisotopic (exact) mass is 234 g/mol. The van der Waals surface area contributed by atoms with Gasteiger partial charge in [-0.05, 0) is 44.4 Å². The molecule has 94 valence electrons. The average molecular weight is 234 g/mol.